The van der Waals surface area contributed by atoms with Gasteiger partial charge in [0.15, 0.2) is 5.75 Å². The number of methoxy groups -OCH3 is 1. The Morgan fingerprint density at radius 2 is 1.67 bits per heavy atom. The lowest BCUT2D eigenvalue weighted by Gasteiger charge is -2.36. The molecule has 2 aliphatic heterocycles. The third-order valence-electron chi connectivity index (χ3n) is 6.31. The van der Waals surface area contributed by atoms with Crippen LogP contribution in [0.5, 0.6) is 17.2 Å². The van der Waals surface area contributed by atoms with Crippen LogP contribution in [0.1, 0.15) is 27.0 Å². The number of carbonyl (C=O) groups excluding carboxylic acids is 1. The molecular weight excluding hydrogens is 471 g/mol. The summed E-state index contributed by atoms with van der Waals surface area (Å²) >= 11 is 0. The molecule has 1 fully saturated rings. The van der Waals surface area contributed by atoms with Crippen LogP contribution in [0.3, 0.4) is 0 Å². The third-order valence-corrected chi connectivity index (χ3v) is 6.31. The Bertz CT molecular complexity index is 1330. The number of nitrogens with zero attached hydrogens (tertiary/aromatic N) is 3. The van der Waals surface area contributed by atoms with Gasteiger partial charge in [0.2, 0.25) is 0 Å². The summed E-state index contributed by atoms with van der Waals surface area (Å²) in [4.78, 5) is 21.6. The minimum atomic E-state index is -4.44. The van der Waals surface area contributed by atoms with Crippen LogP contribution in [-0.4, -0.2) is 54.8 Å². The van der Waals surface area contributed by atoms with E-state index < -0.39 is 11.7 Å². The Labute approximate surface area is 206 Å². The van der Waals surface area contributed by atoms with Gasteiger partial charge in [-0.2, -0.15) is 13.2 Å². The second-order valence-electron chi connectivity index (χ2n) is 8.73. The number of rotatable bonds is 2. The van der Waals surface area contributed by atoms with Crippen LogP contribution in [0.15, 0.2) is 65.7 Å². The Kier molecular flexibility index (Phi) is 6.07. The van der Waals surface area contributed by atoms with Crippen molar-refractivity contribution in [3.8, 4) is 17.2 Å². The number of benzene rings is 3. The van der Waals surface area contributed by atoms with Crippen LogP contribution in [0.25, 0.3) is 0 Å². The van der Waals surface area contributed by atoms with Gasteiger partial charge in [-0.3, -0.25) is 4.79 Å². The number of amides is 1. The van der Waals surface area contributed by atoms with Gasteiger partial charge < -0.3 is 19.3 Å². The predicted molar refractivity (Wildman–Crippen MR) is 129 cm³/mol. The number of ether oxygens (including phenoxy) is 2. The molecule has 5 rings (SSSR count). The fourth-order valence-electron chi connectivity index (χ4n) is 4.33. The lowest BCUT2D eigenvalue weighted by atomic mass is 10.1. The molecule has 9 heteroatoms. The molecule has 0 N–H and O–H groups in total. The Hall–Kier alpha value is -4.01. The molecule has 3 aromatic rings. The highest BCUT2D eigenvalue weighted by atomic mass is 19.4. The molecule has 0 bridgehead atoms. The van der Waals surface area contributed by atoms with Crippen molar-refractivity contribution < 1.29 is 27.4 Å². The average molecular weight is 496 g/mol. The summed E-state index contributed by atoms with van der Waals surface area (Å²) in [6.07, 6.45) is -4.44. The number of halogens is 3. The Morgan fingerprint density at radius 3 is 2.33 bits per heavy atom. The van der Waals surface area contributed by atoms with Crippen LogP contribution < -0.4 is 9.47 Å². The average Bonchev–Trinajstić information content (AvgIpc) is 3.03. The molecule has 3 aromatic carbocycles. The monoisotopic (exact) mass is 495 g/mol. The molecule has 0 radical (unpaired) electrons. The third kappa shape index (κ3) is 4.60. The summed E-state index contributed by atoms with van der Waals surface area (Å²) < 4.78 is 50.2. The van der Waals surface area contributed by atoms with Gasteiger partial charge >= 0.3 is 6.18 Å². The fraction of sp³-hybridized carbons (Fsp3) is 0.259. The molecule has 0 aliphatic carbocycles. The van der Waals surface area contributed by atoms with Crippen molar-refractivity contribution in [2.24, 2.45) is 4.99 Å². The van der Waals surface area contributed by atoms with E-state index in [1.807, 2.05) is 43.3 Å². The van der Waals surface area contributed by atoms with Crippen LogP contribution in [-0.2, 0) is 6.18 Å². The highest BCUT2D eigenvalue weighted by Crippen LogP contribution is 2.40. The number of fused-ring (bicyclic) bond motifs is 2. The van der Waals surface area contributed by atoms with Gasteiger partial charge in [0.1, 0.15) is 23.0 Å². The molecule has 1 amide bonds. The molecule has 0 atom stereocenters. The predicted octanol–water partition coefficient (Wildman–Crippen LogP) is 5.66. The summed E-state index contributed by atoms with van der Waals surface area (Å²) in [5.74, 6) is 2.41. The maximum Gasteiger partial charge on any atom is 0.416 e. The summed E-state index contributed by atoms with van der Waals surface area (Å²) in [7, 11) is 1.60. The maximum absolute atomic E-state index is 12.9. The number of hydrogen-bond acceptors (Lipinski definition) is 5. The van der Waals surface area contributed by atoms with Gasteiger partial charge in [0.25, 0.3) is 5.91 Å². The molecule has 1 saturated heterocycles. The second kappa shape index (κ2) is 9.22. The van der Waals surface area contributed by atoms with Gasteiger partial charge in [-0.1, -0.05) is 6.07 Å². The second-order valence-corrected chi connectivity index (χ2v) is 8.73. The number of carbonyl (C=O) groups is 1. The quantitative estimate of drug-likeness (QED) is 0.460. The summed E-state index contributed by atoms with van der Waals surface area (Å²) in [5, 5.41) is 0. The maximum atomic E-state index is 12.9. The van der Waals surface area contributed by atoms with E-state index in [4.69, 9.17) is 14.5 Å². The summed E-state index contributed by atoms with van der Waals surface area (Å²) in [6.45, 7) is 3.80. The van der Waals surface area contributed by atoms with E-state index in [1.54, 1.807) is 12.0 Å². The largest absolute Gasteiger partial charge is 0.497 e. The van der Waals surface area contributed by atoms with E-state index in [0.717, 1.165) is 23.3 Å². The molecular formula is C27H24F3N3O3. The number of alkyl halides is 3. The smallest absolute Gasteiger partial charge is 0.416 e. The highest BCUT2D eigenvalue weighted by Gasteiger charge is 2.31. The van der Waals surface area contributed by atoms with E-state index in [1.165, 1.54) is 12.1 Å². The van der Waals surface area contributed by atoms with E-state index in [0.29, 0.717) is 55.0 Å². The Morgan fingerprint density at radius 1 is 0.944 bits per heavy atom. The lowest BCUT2D eigenvalue weighted by Crippen LogP contribution is -2.50. The summed E-state index contributed by atoms with van der Waals surface area (Å²) in [5.41, 5.74) is 2.00. The topological polar surface area (TPSA) is 54.4 Å². The van der Waals surface area contributed by atoms with Crippen molar-refractivity contribution in [1.29, 1.82) is 0 Å². The summed E-state index contributed by atoms with van der Waals surface area (Å²) in [6, 6.07) is 15.7. The number of aryl methyl sites for hydroxylation is 1. The first-order chi connectivity index (χ1) is 17.2. The molecule has 6 nitrogen and oxygen atoms in total. The van der Waals surface area contributed by atoms with Crippen molar-refractivity contribution in [3.05, 3.63) is 82.9 Å². The molecule has 0 unspecified atom stereocenters. The fourth-order valence-corrected chi connectivity index (χ4v) is 4.33. The van der Waals surface area contributed by atoms with Crippen LogP contribution in [0, 0.1) is 6.92 Å². The van der Waals surface area contributed by atoms with Gasteiger partial charge in [-0.25, -0.2) is 4.99 Å². The van der Waals surface area contributed by atoms with Crippen molar-refractivity contribution in [2.75, 3.05) is 33.3 Å². The van der Waals surface area contributed by atoms with Gasteiger partial charge in [0, 0.05) is 31.7 Å². The molecule has 0 spiro atoms. The van der Waals surface area contributed by atoms with Gasteiger partial charge in [-0.05, 0) is 67.1 Å². The lowest BCUT2D eigenvalue weighted by molar-refractivity contribution is -0.137. The zero-order chi connectivity index (χ0) is 25.4. The van der Waals surface area contributed by atoms with Crippen molar-refractivity contribution in [1.82, 2.24) is 9.80 Å². The highest BCUT2D eigenvalue weighted by molar-refractivity contribution is 6.04. The Balaban J connectivity index is 1.39. The SMILES string of the molecule is COc1ccc2c(c1)C(N1CCN(C(=O)c3ccc(C(F)(F)F)cc3)CC1)=Nc1ccc(C)cc1O2. The molecule has 186 valence electrons. The molecule has 0 aromatic heterocycles. The standard InChI is InChI=1S/C27H24F3N3O3/c1-17-3-9-22-24(15-17)36-23-10-8-20(35-2)16-21(23)25(31-22)32-11-13-33(14-12-32)26(34)18-4-6-19(7-5-18)27(28,29)30/h3-10,15-16H,11-14H2,1-2H3. The zero-order valence-electron chi connectivity index (χ0n) is 19.8. The number of aliphatic imine (C=N–C) groups is 1. The first kappa shape index (κ1) is 23.7. The molecule has 2 aliphatic rings. The van der Waals surface area contributed by atoms with Crippen molar-refractivity contribution >= 4 is 17.4 Å². The van der Waals surface area contributed by atoms with Crippen molar-refractivity contribution in [2.45, 2.75) is 13.1 Å². The number of amidine groups is 1. The normalized spacial score (nSPS) is 15.3. The van der Waals surface area contributed by atoms with E-state index >= 15 is 0 Å². The van der Waals surface area contributed by atoms with Crippen LogP contribution in [0.2, 0.25) is 0 Å². The van der Waals surface area contributed by atoms with Gasteiger partial charge in [-0.15, -0.1) is 0 Å². The number of piperazine rings is 1. The van der Waals surface area contributed by atoms with Crippen molar-refractivity contribution in [3.63, 3.8) is 0 Å². The number of hydrogen-bond donors (Lipinski definition) is 0. The minimum absolute atomic E-state index is 0.232. The van der Waals surface area contributed by atoms with E-state index in [9.17, 15) is 18.0 Å². The van der Waals surface area contributed by atoms with E-state index in [-0.39, 0.29) is 11.5 Å². The minimum Gasteiger partial charge on any atom is -0.497 e. The molecule has 36 heavy (non-hydrogen) atoms. The van der Waals surface area contributed by atoms with Crippen LogP contribution >= 0.6 is 0 Å². The van der Waals surface area contributed by atoms with Gasteiger partial charge in [0.05, 0.1) is 18.2 Å². The molecule has 2 heterocycles. The first-order valence-corrected chi connectivity index (χ1v) is 11.5. The zero-order valence-corrected chi connectivity index (χ0v) is 19.8. The first-order valence-electron chi connectivity index (χ1n) is 11.5. The van der Waals surface area contributed by atoms with Crippen LogP contribution in [0.4, 0.5) is 18.9 Å². The molecule has 0 saturated carbocycles. The van der Waals surface area contributed by atoms with E-state index in [2.05, 4.69) is 4.90 Å².